The highest BCUT2D eigenvalue weighted by Gasteiger charge is 2.15. The lowest BCUT2D eigenvalue weighted by Gasteiger charge is -2.17. The zero-order chi connectivity index (χ0) is 7.49. The van der Waals surface area contributed by atoms with Gasteiger partial charge in [-0.3, -0.25) is 0 Å². The Labute approximate surface area is 56.6 Å². The first kappa shape index (κ1) is 8.15. The molecule has 0 fully saturated rings. The van der Waals surface area contributed by atoms with E-state index in [9.17, 15) is 0 Å². The van der Waals surface area contributed by atoms with Gasteiger partial charge in [0, 0.05) is 11.1 Å². The molecule has 0 aliphatic heterocycles. The van der Waals surface area contributed by atoms with Gasteiger partial charge < -0.3 is 5.41 Å². The van der Waals surface area contributed by atoms with E-state index in [0.29, 0.717) is 5.71 Å². The summed E-state index contributed by atoms with van der Waals surface area (Å²) in [5.74, 6) is 0. The summed E-state index contributed by atoms with van der Waals surface area (Å²) in [5.41, 5.74) is 0.291. The molecule has 50 valence electrons. The Morgan fingerprint density at radius 3 is 2.00 bits per heavy atom. The van der Waals surface area contributed by atoms with Gasteiger partial charge in [-0.25, -0.2) is 0 Å². The maximum absolute atomic E-state index is 7.35. The predicted octanol–water partition coefficient (Wildman–Crippen LogP) is 2.40. The number of hydrogen-bond donors (Lipinski definition) is 1. The molecule has 0 aromatic carbocycles. The van der Waals surface area contributed by atoms with Crippen LogP contribution in [0, 0.1) is 10.8 Å². The molecule has 0 unspecified atom stereocenters. The Hall–Kier alpha value is -0.850. The van der Waals surface area contributed by atoms with Gasteiger partial charge in [-0.2, -0.15) is 0 Å². The topological polar surface area (TPSA) is 23.9 Å². The van der Waals surface area contributed by atoms with Crippen molar-refractivity contribution in [3.63, 3.8) is 0 Å². The van der Waals surface area contributed by atoms with Crippen LogP contribution in [0.1, 0.15) is 13.8 Å². The van der Waals surface area contributed by atoms with Crippen molar-refractivity contribution in [3.8, 4) is 0 Å². The molecule has 1 nitrogen and oxygen atoms in total. The highest BCUT2D eigenvalue weighted by molar-refractivity contribution is 5.97. The lowest BCUT2D eigenvalue weighted by Crippen LogP contribution is -2.17. The van der Waals surface area contributed by atoms with Crippen molar-refractivity contribution in [2.24, 2.45) is 5.41 Å². The first-order valence-corrected chi connectivity index (χ1v) is 2.89. The average Bonchev–Trinajstić information content (AvgIpc) is 1.86. The summed E-state index contributed by atoms with van der Waals surface area (Å²) >= 11 is 0. The molecule has 0 spiro atoms. The Morgan fingerprint density at radius 2 is 1.89 bits per heavy atom. The van der Waals surface area contributed by atoms with E-state index < -0.39 is 0 Å². The van der Waals surface area contributed by atoms with E-state index in [1.54, 1.807) is 12.2 Å². The molecule has 0 aromatic heterocycles. The van der Waals surface area contributed by atoms with E-state index >= 15 is 0 Å². The van der Waals surface area contributed by atoms with E-state index in [4.69, 9.17) is 5.41 Å². The SMILES string of the molecule is C=CC(=N)C(C)(C)C=C. The smallest absolute Gasteiger partial charge is 0.0401 e. The van der Waals surface area contributed by atoms with Crippen LogP contribution in [0.15, 0.2) is 25.3 Å². The molecule has 0 atom stereocenters. The van der Waals surface area contributed by atoms with E-state index in [-0.39, 0.29) is 5.41 Å². The molecule has 1 heteroatoms. The third-order valence-electron chi connectivity index (χ3n) is 1.41. The van der Waals surface area contributed by atoms with Gasteiger partial charge in [0.25, 0.3) is 0 Å². The number of nitrogens with one attached hydrogen (secondary N) is 1. The Balaban J connectivity index is 4.31. The molecule has 0 radical (unpaired) electrons. The van der Waals surface area contributed by atoms with E-state index in [2.05, 4.69) is 13.2 Å². The maximum Gasteiger partial charge on any atom is 0.0401 e. The van der Waals surface area contributed by atoms with Crippen molar-refractivity contribution < 1.29 is 0 Å². The molecule has 0 bridgehead atoms. The fourth-order valence-electron chi connectivity index (χ4n) is 0.373. The molecule has 0 amide bonds. The summed E-state index contributed by atoms with van der Waals surface area (Å²) < 4.78 is 0. The summed E-state index contributed by atoms with van der Waals surface area (Å²) in [6, 6.07) is 0. The van der Waals surface area contributed by atoms with Gasteiger partial charge in [0.1, 0.15) is 0 Å². The van der Waals surface area contributed by atoms with Crippen LogP contribution in [0.2, 0.25) is 0 Å². The first-order chi connectivity index (χ1) is 4.04. The predicted molar refractivity (Wildman–Crippen MR) is 41.9 cm³/mol. The zero-order valence-electron chi connectivity index (χ0n) is 6.07. The molecule has 0 saturated heterocycles. The first-order valence-electron chi connectivity index (χ1n) is 2.89. The molecule has 0 saturated carbocycles. The zero-order valence-corrected chi connectivity index (χ0v) is 6.07. The monoisotopic (exact) mass is 123 g/mol. The minimum absolute atomic E-state index is 0.220. The largest absolute Gasteiger partial charge is 0.304 e. The van der Waals surface area contributed by atoms with Crippen LogP contribution in [0.3, 0.4) is 0 Å². The van der Waals surface area contributed by atoms with Crippen LogP contribution in [-0.2, 0) is 0 Å². The number of hydrogen-bond acceptors (Lipinski definition) is 1. The quantitative estimate of drug-likeness (QED) is 0.440. The van der Waals surface area contributed by atoms with Gasteiger partial charge in [0.05, 0.1) is 0 Å². The van der Waals surface area contributed by atoms with Crippen LogP contribution < -0.4 is 0 Å². The van der Waals surface area contributed by atoms with E-state index in [1.807, 2.05) is 13.8 Å². The lowest BCUT2D eigenvalue weighted by atomic mass is 9.88. The van der Waals surface area contributed by atoms with Gasteiger partial charge in [0.2, 0.25) is 0 Å². The van der Waals surface area contributed by atoms with Crippen LogP contribution in [0.25, 0.3) is 0 Å². The maximum atomic E-state index is 7.35. The Kier molecular flexibility index (Phi) is 2.38. The van der Waals surface area contributed by atoms with Crippen LogP contribution in [-0.4, -0.2) is 5.71 Å². The molecule has 0 aliphatic rings. The standard InChI is InChI=1S/C8H13N/c1-5-7(9)8(3,4)6-2/h5-6,9H,1-2H2,3-4H3. The van der Waals surface area contributed by atoms with Crippen LogP contribution >= 0.6 is 0 Å². The van der Waals surface area contributed by atoms with Crippen molar-refractivity contribution in [2.45, 2.75) is 13.8 Å². The van der Waals surface area contributed by atoms with Gasteiger partial charge in [-0.15, -0.1) is 6.58 Å². The molecule has 0 aliphatic carbocycles. The molecule has 0 aromatic rings. The van der Waals surface area contributed by atoms with Gasteiger partial charge in [0.15, 0.2) is 0 Å². The summed E-state index contributed by atoms with van der Waals surface area (Å²) in [6.45, 7) is 11.0. The average molecular weight is 123 g/mol. The fourth-order valence-corrected chi connectivity index (χ4v) is 0.373. The molecular weight excluding hydrogens is 110 g/mol. The van der Waals surface area contributed by atoms with Crippen LogP contribution in [0.5, 0.6) is 0 Å². The Bertz CT molecular complexity index is 143. The summed E-state index contributed by atoms with van der Waals surface area (Å²) in [5, 5.41) is 7.35. The molecule has 9 heavy (non-hydrogen) atoms. The van der Waals surface area contributed by atoms with Gasteiger partial charge in [-0.05, 0) is 6.08 Å². The third-order valence-corrected chi connectivity index (χ3v) is 1.41. The fraction of sp³-hybridized carbons (Fsp3) is 0.375. The normalized spacial score (nSPS) is 10.4. The molecule has 0 heterocycles. The van der Waals surface area contributed by atoms with Crippen molar-refractivity contribution in [1.82, 2.24) is 0 Å². The second kappa shape index (κ2) is 2.62. The minimum atomic E-state index is -0.220. The third kappa shape index (κ3) is 1.84. The summed E-state index contributed by atoms with van der Waals surface area (Å²) in [7, 11) is 0. The number of rotatable bonds is 3. The Morgan fingerprint density at radius 1 is 1.44 bits per heavy atom. The van der Waals surface area contributed by atoms with Crippen molar-refractivity contribution in [1.29, 1.82) is 5.41 Å². The van der Waals surface area contributed by atoms with Crippen molar-refractivity contribution in [2.75, 3.05) is 0 Å². The van der Waals surface area contributed by atoms with Crippen LogP contribution in [0.4, 0.5) is 0 Å². The summed E-state index contributed by atoms with van der Waals surface area (Å²) in [4.78, 5) is 0. The van der Waals surface area contributed by atoms with Gasteiger partial charge >= 0.3 is 0 Å². The van der Waals surface area contributed by atoms with E-state index in [0.717, 1.165) is 0 Å². The van der Waals surface area contributed by atoms with Crippen molar-refractivity contribution in [3.05, 3.63) is 25.3 Å². The minimum Gasteiger partial charge on any atom is -0.304 e. The van der Waals surface area contributed by atoms with Crippen molar-refractivity contribution >= 4 is 5.71 Å². The molecule has 1 N–H and O–H groups in total. The molecule has 0 rings (SSSR count). The lowest BCUT2D eigenvalue weighted by molar-refractivity contribution is 0.677. The molecular formula is C8H13N. The van der Waals surface area contributed by atoms with Gasteiger partial charge in [-0.1, -0.05) is 26.5 Å². The van der Waals surface area contributed by atoms with E-state index in [1.165, 1.54) is 0 Å². The highest BCUT2D eigenvalue weighted by atomic mass is 14.5. The second-order valence-electron chi connectivity index (χ2n) is 2.54. The summed E-state index contributed by atoms with van der Waals surface area (Å²) in [6.07, 6.45) is 3.29. The number of allylic oxidation sites excluding steroid dienone is 2. The highest BCUT2D eigenvalue weighted by Crippen LogP contribution is 2.17. The second-order valence-corrected chi connectivity index (χ2v) is 2.54.